The van der Waals surface area contributed by atoms with Crippen LogP contribution < -0.4 is 0 Å². The molecule has 0 aliphatic rings. The van der Waals surface area contributed by atoms with Gasteiger partial charge in [-0.25, -0.2) is 0 Å². The summed E-state index contributed by atoms with van der Waals surface area (Å²) in [5.41, 5.74) is 0. The summed E-state index contributed by atoms with van der Waals surface area (Å²) in [6.45, 7) is 2.27. The summed E-state index contributed by atoms with van der Waals surface area (Å²) >= 11 is 0. The van der Waals surface area contributed by atoms with Gasteiger partial charge in [-0.1, -0.05) is 70.4 Å². The van der Waals surface area contributed by atoms with Gasteiger partial charge in [0.2, 0.25) is 0 Å². The fraction of sp³-hybridized carbons (Fsp3) is 0.905. The van der Waals surface area contributed by atoms with Gasteiger partial charge in [0.15, 0.2) is 0 Å². The lowest BCUT2D eigenvalue weighted by Crippen LogP contribution is -2.23. The Morgan fingerprint density at radius 1 is 0.720 bits per heavy atom. The lowest BCUT2D eigenvalue weighted by molar-refractivity contribution is -0.0262. The zero-order valence-corrected chi connectivity index (χ0v) is 16.4. The first-order valence-corrected chi connectivity index (χ1v) is 10.4. The highest BCUT2D eigenvalue weighted by molar-refractivity contribution is 4.81. The predicted octanol–water partition coefficient (Wildman–Crippen LogP) is 4.36. The SMILES string of the molecule is CCCCCCCC/C=C\CCCCCCC(O)COCC(O)CO. The minimum Gasteiger partial charge on any atom is -0.394 e. The monoisotopic (exact) mass is 358 g/mol. The molecule has 150 valence electrons. The summed E-state index contributed by atoms with van der Waals surface area (Å²) in [7, 11) is 0. The molecule has 0 aliphatic carbocycles. The molecule has 3 N–H and O–H groups in total. The highest BCUT2D eigenvalue weighted by Gasteiger charge is 2.06. The molecule has 4 nitrogen and oxygen atoms in total. The van der Waals surface area contributed by atoms with E-state index in [9.17, 15) is 5.11 Å². The number of unbranched alkanes of at least 4 members (excludes halogenated alkanes) is 10. The second-order valence-corrected chi connectivity index (χ2v) is 7.05. The Morgan fingerprint density at radius 2 is 1.24 bits per heavy atom. The number of hydrogen-bond donors (Lipinski definition) is 3. The Morgan fingerprint density at radius 3 is 1.84 bits per heavy atom. The average molecular weight is 359 g/mol. The maximum absolute atomic E-state index is 9.75. The molecule has 0 fully saturated rings. The summed E-state index contributed by atoms with van der Waals surface area (Å²) in [5, 5.41) is 27.5. The Balaban J connectivity index is 3.23. The minimum absolute atomic E-state index is 0.0820. The van der Waals surface area contributed by atoms with Crippen molar-refractivity contribution in [3.05, 3.63) is 12.2 Å². The lowest BCUT2D eigenvalue weighted by atomic mass is 10.1. The smallest absolute Gasteiger partial charge is 0.100 e. The van der Waals surface area contributed by atoms with Gasteiger partial charge in [0.25, 0.3) is 0 Å². The molecule has 0 aromatic carbocycles. The van der Waals surface area contributed by atoms with Crippen LogP contribution in [0.15, 0.2) is 12.2 Å². The fourth-order valence-corrected chi connectivity index (χ4v) is 2.75. The third-order valence-corrected chi connectivity index (χ3v) is 4.38. The van der Waals surface area contributed by atoms with E-state index >= 15 is 0 Å². The van der Waals surface area contributed by atoms with E-state index < -0.39 is 12.2 Å². The van der Waals surface area contributed by atoms with Crippen molar-refractivity contribution >= 4 is 0 Å². The van der Waals surface area contributed by atoms with Crippen molar-refractivity contribution in [1.29, 1.82) is 0 Å². The van der Waals surface area contributed by atoms with Crippen molar-refractivity contribution in [3.8, 4) is 0 Å². The molecule has 0 heterocycles. The number of aliphatic hydroxyl groups is 3. The van der Waals surface area contributed by atoms with Gasteiger partial charge in [-0.2, -0.15) is 0 Å². The van der Waals surface area contributed by atoms with Crippen LogP contribution in [0.25, 0.3) is 0 Å². The lowest BCUT2D eigenvalue weighted by Gasteiger charge is -2.12. The summed E-state index contributed by atoms with van der Waals surface area (Å²) in [6.07, 6.45) is 19.2. The van der Waals surface area contributed by atoms with Gasteiger partial charge in [0, 0.05) is 0 Å². The van der Waals surface area contributed by atoms with Gasteiger partial charge in [-0.15, -0.1) is 0 Å². The number of aliphatic hydroxyl groups excluding tert-OH is 3. The third kappa shape index (κ3) is 19.7. The number of rotatable bonds is 19. The summed E-state index contributed by atoms with van der Waals surface area (Å²) in [6, 6.07) is 0. The minimum atomic E-state index is -0.846. The number of allylic oxidation sites excluding steroid dienone is 2. The molecule has 25 heavy (non-hydrogen) atoms. The molecule has 0 aliphatic heterocycles. The first kappa shape index (κ1) is 24.6. The molecule has 0 amide bonds. The van der Waals surface area contributed by atoms with Crippen LogP contribution in [0, 0.1) is 0 Å². The van der Waals surface area contributed by atoms with Crippen molar-refractivity contribution < 1.29 is 20.1 Å². The Labute approximate surface area is 155 Å². The summed E-state index contributed by atoms with van der Waals surface area (Å²) in [4.78, 5) is 0. The molecule has 0 radical (unpaired) electrons. The molecule has 0 aromatic rings. The van der Waals surface area contributed by atoms with E-state index in [1.165, 1.54) is 64.2 Å². The van der Waals surface area contributed by atoms with E-state index in [1.54, 1.807) is 0 Å². The van der Waals surface area contributed by atoms with Crippen molar-refractivity contribution in [3.63, 3.8) is 0 Å². The van der Waals surface area contributed by atoms with E-state index in [0.717, 1.165) is 19.3 Å². The highest BCUT2D eigenvalue weighted by atomic mass is 16.5. The average Bonchev–Trinajstić information content (AvgIpc) is 2.61. The van der Waals surface area contributed by atoms with Crippen LogP contribution in [0.2, 0.25) is 0 Å². The maximum atomic E-state index is 9.75. The van der Waals surface area contributed by atoms with Gasteiger partial charge >= 0.3 is 0 Å². The van der Waals surface area contributed by atoms with E-state index in [4.69, 9.17) is 14.9 Å². The van der Waals surface area contributed by atoms with Crippen LogP contribution in [0.3, 0.4) is 0 Å². The largest absolute Gasteiger partial charge is 0.394 e. The van der Waals surface area contributed by atoms with Crippen molar-refractivity contribution in [2.24, 2.45) is 0 Å². The van der Waals surface area contributed by atoms with Crippen LogP contribution in [0.1, 0.15) is 90.4 Å². The Bertz CT molecular complexity index is 281. The summed E-state index contributed by atoms with van der Waals surface area (Å²) < 4.78 is 5.15. The quantitative estimate of drug-likeness (QED) is 0.237. The molecule has 0 bridgehead atoms. The first-order valence-electron chi connectivity index (χ1n) is 10.4. The van der Waals surface area contributed by atoms with Crippen molar-refractivity contribution in [2.75, 3.05) is 19.8 Å². The number of ether oxygens (including phenoxy) is 1. The highest BCUT2D eigenvalue weighted by Crippen LogP contribution is 2.10. The van der Waals surface area contributed by atoms with Gasteiger partial charge < -0.3 is 20.1 Å². The second-order valence-electron chi connectivity index (χ2n) is 7.05. The van der Waals surface area contributed by atoms with Crippen LogP contribution in [0.4, 0.5) is 0 Å². The molecule has 4 heteroatoms. The Kier molecular flexibility index (Phi) is 19.6. The zero-order chi connectivity index (χ0) is 18.6. The standard InChI is InChI=1S/C21H42O4/c1-2-3-4-5-6-7-8-9-10-11-12-13-14-15-16-20(23)18-25-19-21(24)17-22/h9-10,20-24H,2-8,11-19H2,1H3/b10-9-. The molecular weight excluding hydrogens is 316 g/mol. The van der Waals surface area contributed by atoms with Crippen LogP contribution in [0.5, 0.6) is 0 Å². The second kappa shape index (κ2) is 19.9. The predicted molar refractivity (Wildman–Crippen MR) is 105 cm³/mol. The normalized spacial score (nSPS) is 14.2. The molecule has 0 saturated heterocycles. The molecular formula is C21H42O4. The topological polar surface area (TPSA) is 69.9 Å². The maximum Gasteiger partial charge on any atom is 0.100 e. The van der Waals surface area contributed by atoms with Gasteiger partial charge in [0.1, 0.15) is 6.10 Å². The van der Waals surface area contributed by atoms with E-state index in [0.29, 0.717) is 0 Å². The number of hydrogen-bond acceptors (Lipinski definition) is 4. The molecule has 0 saturated carbocycles. The van der Waals surface area contributed by atoms with Crippen molar-refractivity contribution in [1.82, 2.24) is 0 Å². The van der Waals surface area contributed by atoms with Gasteiger partial charge in [-0.05, 0) is 32.1 Å². The van der Waals surface area contributed by atoms with E-state index in [2.05, 4.69) is 19.1 Å². The van der Waals surface area contributed by atoms with Crippen LogP contribution in [-0.4, -0.2) is 47.3 Å². The summed E-state index contributed by atoms with van der Waals surface area (Å²) in [5.74, 6) is 0. The van der Waals surface area contributed by atoms with Crippen LogP contribution >= 0.6 is 0 Å². The van der Waals surface area contributed by atoms with Crippen LogP contribution in [-0.2, 0) is 4.74 Å². The molecule has 0 rings (SSSR count). The zero-order valence-electron chi connectivity index (χ0n) is 16.4. The van der Waals surface area contributed by atoms with E-state index in [1.807, 2.05) is 0 Å². The fourth-order valence-electron chi connectivity index (χ4n) is 2.75. The molecule has 0 aromatic heterocycles. The third-order valence-electron chi connectivity index (χ3n) is 4.38. The van der Waals surface area contributed by atoms with E-state index in [-0.39, 0.29) is 19.8 Å². The van der Waals surface area contributed by atoms with Crippen molar-refractivity contribution in [2.45, 2.75) is 103 Å². The first-order chi connectivity index (χ1) is 12.2. The van der Waals surface area contributed by atoms with Gasteiger partial charge in [-0.3, -0.25) is 0 Å². The Hall–Kier alpha value is -0.420. The molecule has 0 spiro atoms. The van der Waals surface area contributed by atoms with Gasteiger partial charge in [0.05, 0.1) is 25.9 Å². The molecule has 2 atom stereocenters. The molecule has 2 unspecified atom stereocenters.